The normalized spacial score (nSPS) is 26.1. The van der Waals surface area contributed by atoms with Gasteiger partial charge in [-0.15, -0.1) is 0 Å². The highest BCUT2D eigenvalue weighted by atomic mass is 16.2. The van der Waals surface area contributed by atoms with Crippen LogP contribution in [0, 0.1) is 0 Å². The zero-order chi connectivity index (χ0) is 14.7. The predicted octanol–water partition coefficient (Wildman–Crippen LogP) is 0.657. The molecule has 0 radical (unpaired) electrons. The van der Waals surface area contributed by atoms with Gasteiger partial charge >= 0.3 is 0 Å². The lowest BCUT2D eigenvalue weighted by atomic mass is 9.92. The second-order valence-electron chi connectivity index (χ2n) is 5.81. The summed E-state index contributed by atoms with van der Waals surface area (Å²) in [5.74, 6) is 1.18. The first-order chi connectivity index (χ1) is 10.2. The first-order valence-corrected chi connectivity index (χ1v) is 7.80. The van der Waals surface area contributed by atoms with Crippen molar-refractivity contribution in [3.8, 4) is 0 Å². The van der Waals surface area contributed by atoms with Crippen molar-refractivity contribution in [2.75, 3.05) is 37.6 Å². The van der Waals surface area contributed by atoms with Crippen LogP contribution in [0.15, 0.2) is 18.6 Å². The summed E-state index contributed by atoms with van der Waals surface area (Å²) in [6.45, 7) is 6.23. The Morgan fingerprint density at radius 1 is 1.33 bits per heavy atom. The molecule has 6 nitrogen and oxygen atoms in total. The minimum Gasteiger partial charge on any atom is -0.352 e. The Kier molecular flexibility index (Phi) is 4.05. The van der Waals surface area contributed by atoms with E-state index in [1.54, 1.807) is 18.6 Å². The molecule has 6 heteroatoms. The van der Waals surface area contributed by atoms with E-state index in [-0.39, 0.29) is 11.4 Å². The molecule has 0 aliphatic carbocycles. The number of nitrogens with one attached hydrogen (secondary N) is 1. The Hall–Kier alpha value is -1.69. The molecule has 0 aromatic carbocycles. The van der Waals surface area contributed by atoms with E-state index in [1.165, 1.54) is 0 Å². The molecule has 1 aromatic rings. The lowest BCUT2D eigenvalue weighted by molar-refractivity contribution is -0.138. The fourth-order valence-corrected chi connectivity index (χ4v) is 3.34. The van der Waals surface area contributed by atoms with Crippen molar-refractivity contribution in [3.05, 3.63) is 18.6 Å². The van der Waals surface area contributed by atoms with Crippen LogP contribution in [0.5, 0.6) is 0 Å². The molecule has 0 spiro atoms. The van der Waals surface area contributed by atoms with Gasteiger partial charge in [-0.05, 0) is 25.8 Å². The molecule has 3 heterocycles. The van der Waals surface area contributed by atoms with Crippen LogP contribution in [0.4, 0.5) is 5.82 Å². The van der Waals surface area contributed by atoms with Crippen molar-refractivity contribution in [1.82, 2.24) is 20.2 Å². The van der Waals surface area contributed by atoms with E-state index >= 15 is 0 Å². The van der Waals surface area contributed by atoms with E-state index in [2.05, 4.69) is 27.1 Å². The number of piperazine rings is 1. The van der Waals surface area contributed by atoms with Crippen molar-refractivity contribution >= 4 is 11.7 Å². The molecule has 1 atom stereocenters. The van der Waals surface area contributed by atoms with Crippen LogP contribution in [0.3, 0.4) is 0 Å². The molecule has 0 bridgehead atoms. The van der Waals surface area contributed by atoms with Crippen LogP contribution in [0.1, 0.15) is 26.2 Å². The number of amides is 1. The molecule has 1 amide bonds. The van der Waals surface area contributed by atoms with Crippen LogP contribution >= 0.6 is 0 Å². The molecule has 21 heavy (non-hydrogen) atoms. The third-order valence-corrected chi connectivity index (χ3v) is 4.70. The molecule has 1 unspecified atom stereocenters. The van der Waals surface area contributed by atoms with Crippen LogP contribution < -0.4 is 10.2 Å². The second kappa shape index (κ2) is 5.97. The number of carbonyl (C=O) groups excluding carboxylic acids is 1. The molecule has 0 saturated carbocycles. The topological polar surface area (TPSA) is 61.4 Å². The highest BCUT2D eigenvalue weighted by Crippen LogP contribution is 2.26. The van der Waals surface area contributed by atoms with E-state index in [0.29, 0.717) is 0 Å². The standard InChI is InChI=1S/C15H23N5O/c1-2-15(4-3-5-18-15)14(21)20-10-8-19(9-11-20)13-12-16-6-7-17-13/h6-7,12,18H,2-5,8-11H2,1H3. The maximum Gasteiger partial charge on any atom is 0.242 e. The summed E-state index contributed by atoms with van der Waals surface area (Å²) in [7, 11) is 0. The SMILES string of the molecule is CCC1(C(=O)N2CCN(c3cnccn3)CC2)CCCN1. The molecule has 1 aromatic heterocycles. The number of carbonyl (C=O) groups is 1. The number of rotatable bonds is 3. The Bertz CT molecular complexity index is 478. The summed E-state index contributed by atoms with van der Waals surface area (Å²) in [6.07, 6.45) is 8.10. The largest absolute Gasteiger partial charge is 0.352 e. The lowest BCUT2D eigenvalue weighted by Gasteiger charge is -2.39. The Balaban J connectivity index is 1.62. The van der Waals surface area contributed by atoms with Gasteiger partial charge in [-0.1, -0.05) is 6.92 Å². The van der Waals surface area contributed by atoms with Crippen LogP contribution in [-0.4, -0.2) is 59.0 Å². The monoisotopic (exact) mass is 289 g/mol. The van der Waals surface area contributed by atoms with Gasteiger partial charge in [-0.3, -0.25) is 9.78 Å². The van der Waals surface area contributed by atoms with Crippen LogP contribution in [-0.2, 0) is 4.79 Å². The Morgan fingerprint density at radius 2 is 2.14 bits per heavy atom. The smallest absolute Gasteiger partial charge is 0.242 e. The van der Waals surface area contributed by atoms with E-state index in [0.717, 1.165) is 57.8 Å². The minimum absolute atomic E-state index is 0.279. The highest BCUT2D eigenvalue weighted by Gasteiger charge is 2.42. The quantitative estimate of drug-likeness (QED) is 0.885. The van der Waals surface area contributed by atoms with Crippen molar-refractivity contribution in [1.29, 1.82) is 0 Å². The van der Waals surface area contributed by atoms with E-state index < -0.39 is 0 Å². The maximum absolute atomic E-state index is 12.8. The summed E-state index contributed by atoms with van der Waals surface area (Å²) in [5.41, 5.74) is -0.311. The third kappa shape index (κ3) is 2.72. The number of nitrogens with zero attached hydrogens (tertiary/aromatic N) is 4. The van der Waals surface area contributed by atoms with Gasteiger partial charge in [0.15, 0.2) is 0 Å². The Labute approximate surface area is 125 Å². The average molecular weight is 289 g/mol. The van der Waals surface area contributed by atoms with E-state index in [1.807, 2.05) is 4.90 Å². The predicted molar refractivity (Wildman–Crippen MR) is 81.1 cm³/mol. The molecular weight excluding hydrogens is 266 g/mol. The number of hydrogen-bond donors (Lipinski definition) is 1. The number of anilines is 1. The first-order valence-electron chi connectivity index (χ1n) is 7.80. The molecule has 2 saturated heterocycles. The molecule has 114 valence electrons. The van der Waals surface area contributed by atoms with Crippen LogP contribution in [0.2, 0.25) is 0 Å². The summed E-state index contributed by atoms with van der Waals surface area (Å²) in [4.78, 5) is 25.4. The fourth-order valence-electron chi connectivity index (χ4n) is 3.34. The summed E-state index contributed by atoms with van der Waals surface area (Å²) < 4.78 is 0. The number of aromatic nitrogens is 2. The summed E-state index contributed by atoms with van der Waals surface area (Å²) in [6, 6.07) is 0. The van der Waals surface area contributed by atoms with Gasteiger partial charge in [0.05, 0.1) is 11.7 Å². The maximum atomic E-state index is 12.8. The van der Waals surface area contributed by atoms with Crippen molar-refractivity contribution in [2.24, 2.45) is 0 Å². The number of hydrogen-bond acceptors (Lipinski definition) is 5. The average Bonchev–Trinajstić information content (AvgIpc) is 3.05. The van der Waals surface area contributed by atoms with E-state index in [9.17, 15) is 4.79 Å². The van der Waals surface area contributed by atoms with Gasteiger partial charge in [0.2, 0.25) is 5.91 Å². The Morgan fingerprint density at radius 3 is 2.71 bits per heavy atom. The third-order valence-electron chi connectivity index (χ3n) is 4.70. The molecule has 2 aliphatic rings. The first kappa shape index (κ1) is 14.3. The minimum atomic E-state index is -0.311. The van der Waals surface area contributed by atoms with Crippen molar-refractivity contribution < 1.29 is 4.79 Å². The highest BCUT2D eigenvalue weighted by molar-refractivity contribution is 5.87. The van der Waals surface area contributed by atoms with Gasteiger partial charge in [-0.25, -0.2) is 4.98 Å². The van der Waals surface area contributed by atoms with Gasteiger partial charge in [0.1, 0.15) is 5.82 Å². The van der Waals surface area contributed by atoms with Crippen LogP contribution in [0.25, 0.3) is 0 Å². The fraction of sp³-hybridized carbons (Fsp3) is 0.667. The molecule has 2 fully saturated rings. The molecular formula is C15H23N5O. The second-order valence-corrected chi connectivity index (χ2v) is 5.81. The van der Waals surface area contributed by atoms with Crippen molar-refractivity contribution in [2.45, 2.75) is 31.7 Å². The van der Waals surface area contributed by atoms with Gasteiger partial charge in [0, 0.05) is 38.6 Å². The van der Waals surface area contributed by atoms with Gasteiger partial charge in [0.25, 0.3) is 0 Å². The molecule has 2 aliphatic heterocycles. The summed E-state index contributed by atoms with van der Waals surface area (Å²) >= 11 is 0. The molecule has 3 rings (SSSR count). The van der Waals surface area contributed by atoms with E-state index in [4.69, 9.17) is 0 Å². The van der Waals surface area contributed by atoms with Crippen molar-refractivity contribution in [3.63, 3.8) is 0 Å². The molecule has 1 N–H and O–H groups in total. The summed E-state index contributed by atoms with van der Waals surface area (Å²) in [5, 5.41) is 3.43. The zero-order valence-electron chi connectivity index (χ0n) is 12.6. The lowest BCUT2D eigenvalue weighted by Crippen LogP contribution is -2.59. The van der Waals surface area contributed by atoms with Gasteiger partial charge < -0.3 is 15.1 Å². The zero-order valence-corrected chi connectivity index (χ0v) is 12.6. The van der Waals surface area contributed by atoms with Gasteiger partial charge in [-0.2, -0.15) is 0 Å².